The normalized spacial score (nSPS) is 15.5. The summed E-state index contributed by atoms with van der Waals surface area (Å²) in [4.78, 5) is 3.99. The first-order valence-corrected chi connectivity index (χ1v) is 6.48. The van der Waals surface area contributed by atoms with Crippen molar-refractivity contribution in [1.82, 2.24) is 4.98 Å². The number of hydrogen-bond donors (Lipinski definition) is 0. The fraction of sp³-hybridized carbons (Fsp3) is 0.500. The minimum Gasteiger partial charge on any atom is -0.244 e. The number of pyridine rings is 1. The molecule has 0 aromatic carbocycles. The Morgan fingerprint density at radius 2 is 2.06 bits per heavy atom. The topological polar surface area (TPSA) is 60.5 Å². The molecule has 92 valence electrons. The Morgan fingerprint density at radius 1 is 1.33 bits per heavy atom. The molecule has 1 saturated carbocycles. The molecule has 1 aliphatic rings. The van der Waals surface area contributed by atoms with Crippen molar-refractivity contribution in [3.63, 3.8) is 0 Å². The van der Waals surface area contributed by atoms with E-state index in [0.29, 0.717) is 23.9 Å². The molecular weight excluding hydrogens is 246 g/mol. The van der Waals surface area contributed by atoms with Gasteiger partial charge in [0.15, 0.2) is 0 Å². The first-order chi connectivity index (χ1) is 8.67. The lowest BCUT2D eigenvalue weighted by molar-refractivity contribution is 0.240. The standard InChI is InChI=1S/C14H14ClN3/c15-13-5-4-12(8-18-13)7-14(9-16,10-17)6-11-2-1-3-11/h4-5,8,11H,1-3,6-7H2. The fourth-order valence-electron chi connectivity index (χ4n) is 2.32. The molecule has 0 amide bonds. The number of nitrogens with zero attached hydrogens (tertiary/aromatic N) is 3. The summed E-state index contributed by atoms with van der Waals surface area (Å²) in [5.74, 6) is 0.532. The molecule has 3 nitrogen and oxygen atoms in total. The summed E-state index contributed by atoms with van der Waals surface area (Å²) in [5.41, 5.74) is -0.0255. The van der Waals surface area contributed by atoms with Crippen molar-refractivity contribution in [2.45, 2.75) is 32.1 Å². The highest BCUT2D eigenvalue weighted by Gasteiger charge is 2.35. The van der Waals surface area contributed by atoms with Crippen LogP contribution < -0.4 is 0 Å². The van der Waals surface area contributed by atoms with Crippen molar-refractivity contribution < 1.29 is 0 Å². The van der Waals surface area contributed by atoms with Gasteiger partial charge in [0.25, 0.3) is 0 Å². The molecule has 2 rings (SSSR count). The fourth-order valence-corrected chi connectivity index (χ4v) is 2.43. The summed E-state index contributed by atoms with van der Waals surface area (Å²) in [7, 11) is 0. The van der Waals surface area contributed by atoms with Crippen LogP contribution in [-0.4, -0.2) is 4.98 Å². The highest BCUT2D eigenvalue weighted by molar-refractivity contribution is 6.29. The molecule has 1 aromatic rings. The van der Waals surface area contributed by atoms with Gasteiger partial charge in [-0.25, -0.2) is 4.98 Å². The average Bonchev–Trinajstić information content (AvgIpc) is 2.35. The summed E-state index contributed by atoms with van der Waals surface area (Å²) in [6, 6.07) is 7.94. The molecule has 1 aliphatic carbocycles. The van der Waals surface area contributed by atoms with Crippen LogP contribution >= 0.6 is 11.6 Å². The van der Waals surface area contributed by atoms with Gasteiger partial charge in [-0.15, -0.1) is 0 Å². The van der Waals surface area contributed by atoms with Crippen LogP contribution in [0.2, 0.25) is 5.15 Å². The zero-order chi connectivity index (χ0) is 13.0. The monoisotopic (exact) mass is 259 g/mol. The maximum Gasteiger partial charge on any atom is 0.148 e. The van der Waals surface area contributed by atoms with E-state index in [2.05, 4.69) is 17.1 Å². The average molecular weight is 260 g/mol. The van der Waals surface area contributed by atoms with Crippen LogP contribution in [0.25, 0.3) is 0 Å². The van der Waals surface area contributed by atoms with Crippen molar-refractivity contribution in [2.75, 3.05) is 0 Å². The van der Waals surface area contributed by atoms with Gasteiger partial charge in [0.1, 0.15) is 10.6 Å². The minimum absolute atomic E-state index is 0.428. The molecule has 0 N–H and O–H groups in total. The van der Waals surface area contributed by atoms with E-state index >= 15 is 0 Å². The lowest BCUT2D eigenvalue weighted by Crippen LogP contribution is -2.26. The number of rotatable bonds is 4. The second-order valence-corrected chi connectivity index (χ2v) is 5.36. The van der Waals surface area contributed by atoms with E-state index in [-0.39, 0.29) is 0 Å². The summed E-state index contributed by atoms with van der Waals surface area (Å²) in [6.45, 7) is 0. The number of nitriles is 2. The van der Waals surface area contributed by atoms with Crippen LogP contribution in [0.4, 0.5) is 0 Å². The molecule has 0 unspecified atom stereocenters. The molecule has 0 bridgehead atoms. The Balaban J connectivity index is 2.12. The predicted molar refractivity (Wildman–Crippen MR) is 68.6 cm³/mol. The van der Waals surface area contributed by atoms with Crippen molar-refractivity contribution >= 4 is 11.6 Å². The minimum atomic E-state index is -0.916. The molecule has 1 fully saturated rings. The Labute approximate surface area is 112 Å². The zero-order valence-electron chi connectivity index (χ0n) is 10.1. The summed E-state index contributed by atoms with van der Waals surface area (Å²) >= 11 is 5.73. The molecule has 4 heteroatoms. The van der Waals surface area contributed by atoms with Crippen LogP contribution in [0, 0.1) is 34.0 Å². The third kappa shape index (κ3) is 2.81. The van der Waals surface area contributed by atoms with Crippen LogP contribution in [0.1, 0.15) is 31.2 Å². The van der Waals surface area contributed by atoms with Gasteiger partial charge in [-0.2, -0.15) is 10.5 Å². The van der Waals surface area contributed by atoms with Crippen molar-refractivity contribution in [1.29, 1.82) is 10.5 Å². The Morgan fingerprint density at radius 3 is 2.50 bits per heavy atom. The van der Waals surface area contributed by atoms with Gasteiger partial charge in [0.05, 0.1) is 12.1 Å². The van der Waals surface area contributed by atoms with E-state index in [4.69, 9.17) is 11.6 Å². The highest BCUT2D eigenvalue weighted by atomic mass is 35.5. The van der Waals surface area contributed by atoms with Crippen LogP contribution in [0.15, 0.2) is 18.3 Å². The zero-order valence-corrected chi connectivity index (χ0v) is 10.8. The Kier molecular flexibility index (Phi) is 3.84. The van der Waals surface area contributed by atoms with Crippen molar-refractivity contribution in [2.24, 2.45) is 11.3 Å². The molecule has 0 saturated heterocycles. The summed E-state index contributed by atoms with van der Waals surface area (Å²) < 4.78 is 0. The molecule has 0 spiro atoms. The molecule has 0 atom stereocenters. The maximum absolute atomic E-state index is 9.34. The van der Waals surface area contributed by atoms with Gasteiger partial charge in [-0.3, -0.25) is 0 Å². The van der Waals surface area contributed by atoms with E-state index in [1.54, 1.807) is 12.3 Å². The quantitative estimate of drug-likeness (QED) is 0.778. The van der Waals surface area contributed by atoms with Gasteiger partial charge in [0.2, 0.25) is 0 Å². The van der Waals surface area contributed by atoms with Crippen molar-refractivity contribution in [3.05, 3.63) is 29.0 Å². The molecule has 0 radical (unpaired) electrons. The van der Waals surface area contributed by atoms with Gasteiger partial charge >= 0.3 is 0 Å². The van der Waals surface area contributed by atoms with E-state index in [1.807, 2.05) is 6.07 Å². The summed E-state index contributed by atoms with van der Waals surface area (Å²) in [6.07, 6.45) is 6.25. The smallest absolute Gasteiger partial charge is 0.148 e. The molecular formula is C14H14ClN3. The first kappa shape index (κ1) is 12.9. The summed E-state index contributed by atoms with van der Waals surface area (Å²) in [5, 5.41) is 19.1. The molecule has 1 heterocycles. The second kappa shape index (κ2) is 5.38. The lowest BCUT2D eigenvalue weighted by atomic mass is 9.71. The largest absolute Gasteiger partial charge is 0.244 e. The third-order valence-corrected chi connectivity index (χ3v) is 3.81. The van der Waals surface area contributed by atoms with E-state index < -0.39 is 5.41 Å². The Bertz CT molecular complexity index is 477. The van der Waals surface area contributed by atoms with E-state index in [9.17, 15) is 10.5 Å². The number of aromatic nitrogens is 1. The Hall–Kier alpha value is -1.58. The van der Waals surface area contributed by atoms with Crippen molar-refractivity contribution in [3.8, 4) is 12.1 Å². The second-order valence-electron chi connectivity index (χ2n) is 4.97. The number of hydrogen-bond acceptors (Lipinski definition) is 3. The van der Waals surface area contributed by atoms with E-state index in [1.165, 1.54) is 6.42 Å². The van der Waals surface area contributed by atoms with Gasteiger partial charge in [0, 0.05) is 12.6 Å². The molecule has 18 heavy (non-hydrogen) atoms. The van der Waals surface area contributed by atoms with Crippen LogP contribution in [0.3, 0.4) is 0 Å². The van der Waals surface area contributed by atoms with Gasteiger partial charge in [-0.05, 0) is 24.0 Å². The highest BCUT2D eigenvalue weighted by Crippen LogP contribution is 2.38. The van der Waals surface area contributed by atoms with Crippen LogP contribution in [0.5, 0.6) is 0 Å². The van der Waals surface area contributed by atoms with E-state index in [0.717, 1.165) is 18.4 Å². The molecule has 1 aromatic heterocycles. The first-order valence-electron chi connectivity index (χ1n) is 6.10. The maximum atomic E-state index is 9.34. The number of halogens is 1. The third-order valence-electron chi connectivity index (χ3n) is 3.58. The lowest BCUT2D eigenvalue weighted by Gasteiger charge is -2.30. The molecule has 0 aliphatic heterocycles. The van der Waals surface area contributed by atoms with Gasteiger partial charge in [-0.1, -0.05) is 36.9 Å². The van der Waals surface area contributed by atoms with Crippen LogP contribution in [-0.2, 0) is 6.42 Å². The SMILES string of the molecule is N#CC(C#N)(Cc1ccc(Cl)nc1)CC1CCC1. The predicted octanol–water partition coefficient (Wildman–Crippen LogP) is 3.50. The van der Waals surface area contributed by atoms with Gasteiger partial charge < -0.3 is 0 Å².